The first kappa shape index (κ1) is 15.6. The van der Waals surface area contributed by atoms with Crippen molar-refractivity contribution < 1.29 is 17.9 Å². The fourth-order valence-electron chi connectivity index (χ4n) is 1.55. The van der Waals surface area contributed by atoms with Crippen LogP contribution in [0.5, 0.6) is 0 Å². The molecule has 20 heavy (non-hydrogen) atoms. The summed E-state index contributed by atoms with van der Waals surface area (Å²) in [5, 5.41) is 9.01. The van der Waals surface area contributed by atoms with Gasteiger partial charge in [-0.2, -0.15) is 0 Å². The molecule has 8 heteroatoms. The van der Waals surface area contributed by atoms with Gasteiger partial charge >= 0.3 is 0 Å². The van der Waals surface area contributed by atoms with Crippen LogP contribution in [0, 0.1) is 5.82 Å². The Hall–Kier alpha value is -0.800. The second-order valence-electron chi connectivity index (χ2n) is 3.92. The summed E-state index contributed by atoms with van der Waals surface area (Å²) in [5.41, 5.74) is 0.268. The maximum atomic E-state index is 13.4. The van der Waals surface area contributed by atoms with Crippen molar-refractivity contribution in [1.82, 2.24) is 4.72 Å². The van der Waals surface area contributed by atoms with E-state index in [2.05, 4.69) is 20.7 Å². The lowest BCUT2D eigenvalue weighted by atomic mass is 10.2. The van der Waals surface area contributed by atoms with Gasteiger partial charge in [-0.05, 0) is 28.1 Å². The normalized spacial score (nSPS) is 11.8. The zero-order valence-electron chi connectivity index (χ0n) is 10.1. The third kappa shape index (κ3) is 3.44. The zero-order valence-corrected chi connectivity index (χ0v) is 13.4. The summed E-state index contributed by atoms with van der Waals surface area (Å²) in [6, 6.07) is 7.35. The predicted octanol–water partition coefficient (Wildman–Crippen LogP) is 2.62. The molecule has 0 aliphatic rings. The molecule has 108 valence electrons. The van der Waals surface area contributed by atoms with Gasteiger partial charge in [0.1, 0.15) is 10.7 Å². The molecule has 0 saturated carbocycles. The van der Waals surface area contributed by atoms with Gasteiger partial charge < -0.3 is 5.11 Å². The molecular weight excluding hydrogens is 369 g/mol. The summed E-state index contributed by atoms with van der Waals surface area (Å²) in [5.74, 6) is -0.462. The van der Waals surface area contributed by atoms with Gasteiger partial charge in [0.2, 0.25) is 10.0 Å². The molecule has 0 bridgehead atoms. The lowest BCUT2D eigenvalue weighted by Crippen LogP contribution is -2.23. The number of aliphatic hydroxyl groups is 1. The van der Waals surface area contributed by atoms with Gasteiger partial charge in [-0.3, -0.25) is 0 Å². The van der Waals surface area contributed by atoms with Crippen LogP contribution in [0.1, 0.15) is 10.4 Å². The highest BCUT2D eigenvalue weighted by Crippen LogP contribution is 2.31. The van der Waals surface area contributed by atoms with E-state index in [1.807, 2.05) is 0 Å². The number of benzene rings is 1. The van der Waals surface area contributed by atoms with E-state index < -0.39 is 15.8 Å². The van der Waals surface area contributed by atoms with Crippen molar-refractivity contribution in [3.8, 4) is 0 Å². The average molecular weight is 380 g/mol. The topological polar surface area (TPSA) is 66.4 Å². The Morgan fingerprint density at radius 1 is 1.35 bits per heavy atom. The Balaban J connectivity index is 2.19. The lowest BCUT2D eigenvalue weighted by Gasteiger charge is -2.06. The first-order valence-electron chi connectivity index (χ1n) is 5.56. The van der Waals surface area contributed by atoms with Crippen molar-refractivity contribution in [3.63, 3.8) is 0 Å². The second-order valence-corrected chi connectivity index (χ2v) is 8.11. The number of sulfonamides is 1. The summed E-state index contributed by atoms with van der Waals surface area (Å²) in [6.07, 6.45) is 0. The SMILES string of the molecule is O=S(=O)(NCc1ccccc1F)c1cc(CO)sc1Br. The molecule has 0 unspecified atom stereocenters. The van der Waals surface area contributed by atoms with Gasteiger partial charge in [-0.25, -0.2) is 17.5 Å². The molecule has 1 aromatic carbocycles. The van der Waals surface area contributed by atoms with Crippen molar-refractivity contribution >= 4 is 37.3 Å². The third-order valence-electron chi connectivity index (χ3n) is 2.56. The van der Waals surface area contributed by atoms with Crippen LogP contribution in [0.4, 0.5) is 4.39 Å². The van der Waals surface area contributed by atoms with Crippen LogP contribution in [0.15, 0.2) is 39.0 Å². The highest BCUT2D eigenvalue weighted by atomic mass is 79.9. The van der Waals surface area contributed by atoms with Gasteiger partial charge in [-0.1, -0.05) is 18.2 Å². The van der Waals surface area contributed by atoms with Crippen molar-refractivity contribution in [2.75, 3.05) is 0 Å². The molecule has 0 atom stereocenters. The first-order valence-corrected chi connectivity index (χ1v) is 8.65. The molecule has 0 spiro atoms. The average Bonchev–Trinajstić information content (AvgIpc) is 2.80. The number of aliphatic hydroxyl groups excluding tert-OH is 1. The minimum atomic E-state index is -3.76. The molecule has 0 aliphatic heterocycles. The Morgan fingerprint density at radius 2 is 2.05 bits per heavy atom. The van der Waals surface area contributed by atoms with Crippen LogP contribution in [0.25, 0.3) is 0 Å². The molecule has 1 heterocycles. The van der Waals surface area contributed by atoms with E-state index in [0.717, 1.165) is 11.3 Å². The van der Waals surface area contributed by atoms with E-state index in [0.29, 0.717) is 8.66 Å². The third-order valence-corrected chi connectivity index (χ3v) is 6.20. The Bertz CT molecular complexity index is 715. The Kier molecular flexibility index (Phi) is 4.92. The van der Waals surface area contributed by atoms with Gasteiger partial charge in [0.05, 0.1) is 10.4 Å². The lowest BCUT2D eigenvalue weighted by molar-refractivity contribution is 0.285. The minimum Gasteiger partial charge on any atom is -0.391 e. The van der Waals surface area contributed by atoms with E-state index in [4.69, 9.17) is 5.11 Å². The van der Waals surface area contributed by atoms with Gasteiger partial charge in [0.25, 0.3) is 0 Å². The summed E-state index contributed by atoms with van der Waals surface area (Å²) in [4.78, 5) is 0.575. The molecule has 0 amide bonds. The number of hydrogen-bond donors (Lipinski definition) is 2. The van der Waals surface area contributed by atoms with Crippen LogP contribution in [-0.4, -0.2) is 13.5 Å². The van der Waals surface area contributed by atoms with Crippen LogP contribution in [-0.2, 0) is 23.2 Å². The maximum absolute atomic E-state index is 13.4. The van der Waals surface area contributed by atoms with E-state index in [9.17, 15) is 12.8 Å². The number of hydrogen-bond acceptors (Lipinski definition) is 4. The van der Waals surface area contributed by atoms with Gasteiger partial charge in [0, 0.05) is 17.0 Å². The largest absolute Gasteiger partial charge is 0.391 e. The van der Waals surface area contributed by atoms with Crippen molar-refractivity contribution in [3.05, 3.63) is 50.4 Å². The minimum absolute atomic E-state index is 0.0443. The maximum Gasteiger partial charge on any atom is 0.242 e. The number of halogens is 2. The highest BCUT2D eigenvalue weighted by Gasteiger charge is 2.20. The van der Waals surface area contributed by atoms with Crippen molar-refractivity contribution in [2.24, 2.45) is 0 Å². The molecule has 2 aromatic rings. The number of nitrogens with one attached hydrogen (secondary N) is 1. The van der Waals surface area contributed by atoms with Crippen molar-refractivity contribution in [1.29, 1.82) is 0 Å². The first-order chi connectivity index (χ1) is 9.44. The molecule has 0 fully saturated rings. The molecule has 2 N–H and O–H groups in total. The summed E-state index contributed by atoms with van der Waals surface area (Å²) in [6.45, 7) is -0.363. The van der Waals surface area contributed by atoms with Crippen LogP contribution in [0.3, 0.4) is 0 Å². The molecule has 0 saturated heterocycles. The molecular formula is C12H11BrFNO3S2. The van der Waals surface area contributed by atoms with Crippen LogP contribution in [0.2, 0.25) is 0 Å². The second kappa shape index (κ2) is 6.31. The number of rotatable bonds is 5. The molecule has 0 aliphatic carbocycles. The monoisotopic (exact) mass is 379 g/mol. The van der Waals surface area contributed by atoms with E-state index in [1.54, 1.807) is 6.07 Å². The Labute approximate surface area is 128 Å². The fourth-order valence-corrected chi connectivity index (χ4v) is 5.10. The Morgan fingerprint density at radius 3 is 2.65 bits per heavy atom. The highest BCUT2D eigenvalue weighted by molar-refractivity contribution is 9.11. The van der Waals surface area contributed by atoms with Crippen LogP contribution >= 0.6 is 27.3 Å². The van der Waals surface area contributed by atoms with E-state index in [1.165, 1.54) is 24.3 Å². The molecule has 1 aromatic heterocycles. The smallest absolute Gasteiger partial charge is 0.242 e. The molecule has 2 rings (SSSR count). The van der Waals surface area contributed by atoms with Crippen LogP contribution < -0.4 is 4.72 Å². The summed E-state index contributed by atoms with van der Waals surface area (Å²) >= 11 is 4.29. The quantitative estimate of drug-likeness (QED) is 0.838. The predicted molar refractivity (Wildman–Crippen MR) is 78.4 cm³/mol. The molecule has 4 nitrogen and oxygen atoms in total. The van der Waals surface area contributed by atoms with Gasteiger partial charge in [0.15, 0.2) is 0 Å². The van der Waals surface area contributed by atoms with E-state index >= 15 is 0 Å². The van der Waals surface area contributed by atoms with Gasteiger partial charge in [-0.15, -0.1) is 11.3 Å². The molecule has 0 radical (unpaired) electrons. The standard InChI is InChI=1S/C12H11BrFNO3S2/c13-12-11(5-9(7-16)19-12)20(17,18)15-6-8-3-1-2-4-10(8)14/h1-5,15-16H,6-7H2. The van der Waals surface area contributed by atoms with Crippen molar-refractivity contribution in [2.45, 2.75) is 18.0 Å². The number of thiophene rings is 1. The summed E-state index contributed by atoms with van der Waals surface area (Å²) < 4.78 is 40.4. The van der Waals surface area contributed by atoms with E-state index in [-0.39, 0.29) is 23.6 Å². The summed E-state index contributed by atoms with van der Waals surface area (Å²) in [7, 11) is -3.76. The zero-order chi connectivity index (χ0) is 14.8. The fraction of sp³-hybridized carbons (Fsp3) is 0.167.